The molecule has 2 aromatic heterocycles. The van der Waals surface area contributed by atoms with Crippen molar-refractivity contribution in [3.05, 3.63) is 56.6 Å². The average molecular weight is 301 g/mol. The molecular weight excluding hydrogens is 295 g/mol. The smallest absolute Gasteiger partial charge is 0.433 e. The monoisotopic (exact) mass is 301 g/mol. The van der Waals surface area contributed by atoms with Crippen LogP contribution in [0.15, 0.2) is 34.1 Å². The molecule has 0 aliphatic carbocycles. The number of nitrogens with one attached hydrogen (secondary N) is 1. The summed E-state index contributed by atoms with van der Waals surface area (Å²) in [5, 5.41) is 8.78. The van der Waals surface area contributed by atoms with Gasteiger partial charge in [0.05, 0.1) is 11.9 Å². The van der Waals surface area contributed by atoms with E-state index >= 15 is 0 Å². The zero-order valence-corrected chi connectivity index (χ0v) is 10.0. The number of alkyl halides is 3. The Morgan fingerprint density at radius 1 is 1.29 bits per heavy atom. The molecule has 0 aromatic carbocycles. The topological polar surface area (TPSA) is 105 Å². The second-order valence-corrected chi connectivity index (χ2v) is 3.88. The molecule has 2 N–H and O–H groups in total. The third-order valence-electron chi connectivity index (χ3n) is 2.49. The van der Waals surface area contributed by atoms with Gasteiger partial charge in [0.15, 0.2) is 0 Å². The lowest BCUT2D eigenvalue weighted by Crippen LogP contribution is -2.32. The van der Waals surface area contributed by atoms with E-state index in [0.717, 1.165) is 12.3 Å². The molecule has 0 atom stereocenters. The van der Waals surface area contributed by atoms with Gasteiger partial charge in [-0.1, -0.05) is 0 Å². The van der Waals surface area contributed by atoms with E-state index in [4.69, 9.17) is 5.11 Å². The van der Waals surface area contributed by atoms with Gasteiger partial charge in [0, 0.05) is 6.20 Å². The van der Waals surface area contributed by atoms with E-state index in [9.17, 15) is 27.6 Å². The highest BCUT2D eigenvalue weighted by Gasteiger charge is 2.32. The molecule has 0 radical (unpaired) electrons. The zero-order chi connectivity index (χ0) is 15.8. The van der Waals surface area contributed by atoms with Crippen molar-refractivity contribution in [1.29, 1.82) is 0 Å². The maximum Gasteiger partial charge on any atom is 0.433 e. The Hall–Kier alpha value is -2.91. The van der Waals surface area contributed by atoms with Gasteiger partial charge in [0.25, 0.3) is 5.56 Å². The summed E-state index contributed by atoms with van der Waals surface area (Å²) in [5.74, 6) is -1.58. The molecule has 110 valence electrons. The highest BCUT2D eigenvalue weighted by Crippen LogP contribution is 2.27. The molecule has 0 aliphatic heterocycles. The highest BCUT2D eigenvalue weighted by molar-refractivity contribution is 5.86. The van der Waals surface area contributed by atoms with Crippen LogP contribution in [-0.4, -0.2) is 25.6 Å². The molecule has 0 amide bonds. The molecule has 0 saturated heterocycles. The second-order valence-electron chi connectivity index (χ2n) is 3.88. The molecule has 0 saturated carbocycles. The lowest BCUT2D eigenvalue weighted by Gasteiger charge is -2.08. The highest BCUT2D eigenvalue weighted by atomic mass is 19.4. The minimum Gasteiger partial charge on any atom is -0.477 e. The Labute approximate surface area is 113 Å². The molecule has 0 bridgehead atoms. The molecule has 0 spiro atoms. The summed E-state index contributed by atoms with van der Waals surface area (Å²) in [5.41, 5.74) is -4.11. The number of rotatable bonds is 2. The largest absolute Gasteiger partial charge is 0.477 e. The van der Waals surface area contributed by atoms with Crippen LogP contribution in [0.25, 0.3) is 5.69 Å². The number of aromatic nitrogens is 3. The average Bonchev–Trinajstić information content (AvgIpc) is 2.37. The predicted octanol–water partition coefficient (Wildman–Crippen LogP) is 0.638. The maximum atomic E-state index is 12.4. The number of carbonyl (C=O) groups is 1. The lowest BCUT2D eigenvalue weighted by atomic mass is 10.3. The molecular formula is C11H6F3N3O4. The molecule has 0 aliphatic rings. The number of carboxylic acid groups (broad SMARTS) is 1. The Balaban J connectivity index is 2.57. The van der Waals surface area contributed by atoms with E-state index in [-0.39, 0.29) is 5.69 Å². The first-order chi connectivity index (χ1) is 9.70. The van der Waals surface area contributed by atoms with Crippen molar-refractivity contribution >= 4 is 5.97 Å². The second kappa shape index (κ2) is 4.89. The molecule has 21 heavy (non-hydrogen) atoms. The molecule has 2 rings (SSSR count). The number of pyridine rings is 1. The number of hydrogen-bond donors (Lipinski definition) is 2. The Morgan fingerprint density at radius 3 is 2.43 bits per heavy atom. The molecule has 0 fully saturated rings. The summed E-state index contributed by atoms with van der Waals surface area (Å²) in [7, 11) is 0. The van der Waals surface area contributed by atoms with E-state index in [2.05, 4.69) is 4.98 Å². The number of hydrogen-bond acceptors (Lipinski definition) is 4. The van der Waals surface area contributed by atoms with Crippen LogP contribution in [0.5, 0.6) is 0 Å². The van der Waals surface area contributed by atoms with Crippen LogP contribution in [0.2, 0.25) is 0 Å². The Bertz CT molecular complexity index is 805. The minimum atomic E-state index is -4.64. The van der Waals surface area contributed by atoms with Crippen molar-refractivity contribution in [2.24, 2.45) is 0 Å². The van der Waals surface area contributed by atoms with Crippen LogP contribution >= 0.6 is 0 Å². The number of aromatic amines is 1. The van der Waals surface area contributed by atoms with Crippen LogP contribution < -0.4 is 11.2 Å². The van der Waals surface area contributed by atoms with Crippen molar-refractivity contribution in [2.45, 2.75) is 6.18 Å². The van der Waals surface area contributed by atoms with Crippen LogP contribution in [0.3, 0.4) is 0 Å². The van der Waals surface area contributed by atoms with Gasteiger partial charge in [0.1, 0.15) is 11.3 Å². The minimum absolute atomic E-state index is 0.119. The van der Waals surface area contributed by atoms with Crippen molar-refractivity contribution in [3.8, 4) is 5.69 Å². The summed E-state index contributed by atoms with van der Waals surface area (Å²) < 4.78 is 37.8. The SMILES string of the molecule is O=C(O)c1cn(-c2ccc(C(F)(F)F)nc2)c(=O)[nH]c1=O. The number of halogens is 3. The molecule has 2 aromatic rings. The van der Waals surface area contributed by atoms with Crippen molar-refractivity contribution < 1.29 is 23.1 Å². The van der Waals surface area contributed by atoms with Crippen LogP contribution in [0.1, 0.15) is 16.1 Å². The number of carboxylic acids is 1. The first kappa shape index (κ1) is 14.5. The maximum absolute atomic E-state index is 12.4. The summed E-state index contributed by atoms with van der Waals surface area (Å²) in [4.78, 5) is 38.5. The molecule has 2 heterocycles. The van der Waals surface area contributed by atoms with Gasteiger partial charge in [0.2, 0.25) is 0 Å². The Morgan fingerprint density at radius 2 is 1.95 bits per heavy atom. The first-order valence-electron chi connectivity index (χ1n) is 5.33. The Kier molecular flexibility index (Phi) is 3.37. The fraction of sp³-hybridized carbons (Fsp3) is 0.0909. The van der Waals surface area contributed by atoms with Crippen LogP contribution in [0.4, 0.5) is 13.2 Å². The quantitative estimate of drug-likeness (QED) is 0.846. The van der Waals surface area contributed by atoms with E-state index in [1.165, 1.54) is 0 Å². The van der Waals surface area contributed by atoms with E-state index in [1.807, 2.05) is 0 Å². The number of nitrogens with zero attached hydrogens (tertiary/aromatic N) is 2. The van der Waals surface area contributed by atoms with Gasteiger partial charge >= 0.3 is 17.8 Å². The van der Waals surface area contributed by atoms with Gasteiger partial charge < -0.3 is 5.11 Å². The predicted molar refractivity (Wildman–Crippen MR) is 62.4 cm³/mol. The fourth-order valence-corrected chi connectivity index (χ4v) is 1.51. The summed E-state index contributed by atoms with van der Waals surface area (Å²) in [6.07, 6.45) is -3.18. The van der Waals surface area contributed by atoms with Gasteiger partial charge in [-0.2, -0.15) is 13.2 Å². The van der Waals surface area contributed by atoms with Gasteiger partial charge in [-0.15, -0.1) is 0 Å². The fourth-order valence-electron chi connectivity index (χ4n) is 1.51. The zero-order valence-electron chi connectivity index (χ0n) is 10.0. The van der Waals surface area contributed by atoms with E-state index < -0.39 is 34.7 Å². The van der Waals surface area contributed by atoms with Crippen LogP contribution in [0, 0.1) is 0 Å². The summed E-state index contributed by atoms with van der Waals surface area (Å²) >= 11 is 0. The first-order valence-corrected chi connectivity index (χ1v) is 5.33. The molecule has 0 unspecified atom stereocenters. The third kappa shape index (κ3) is 2.83. The van der Waals surface area contributed by atoms with E-state index in [1.54, 1.807) is 4.98 Å². The van der Waals surface area contributed by atoms with Gasteiger partial charge in [-0.25, -0.2) is 14.6 Å². The number of aromatic carboxylic acids is 1. The van der Waals surface area contributed by atoms with Crippen LogP contribution in [-0.2, 0) is 6.18 Å². The van der Waals surface area contributed by atoms with Crippen molar-refractivity contribution in [1.82, 2.24) is 14.5 Å². The summed E-state index contributed by atoms with van der Waals surface area (Å²) in [6, 6.07) is 1.56. The normalized spacial score (nSPS) is 11.4. The molecule has 10 heteroatoms. The lowest BCUT2D eigenvalue weighted by molar-refractivity contribution is -0.141. The van der Waals surface area contributed by atoms with E-state index in [0.29, 0.717) is 16.8 Å². The third-order valence-corrected chi connectivity index (χ3v) is 2.49. The standard InChI is InChI=1S/C11H6F3N3O4/c12-11(13,14)7-2-1-5(3-15-7)17-4-6(9(19)20)8(18)16-10(17)21/h1-4H,(H,19,20)(H,16,18,21). The van der Waals surface area contributed by atoms with Gasteiger partial charge in [-0.3, -0.25) is 14.3 Å². The number of H-pyrrole nitrogens is 1. The van der Waals surface area contributed by atoms with Crippen molar-refractivity contribution in [2.75, 3.05) is 0 Å². The van der Waals surface area contributed by atoms with Gasteiger partial charge in [-0.05, 0) is 12.1 Å². The summed E-state index contributed by atoms with van der Waals surface area (Å²) in [6.45, 7) is 0. The van der Waals surface area contributed by atoms with Crippen molar-refractivity contribution in [3.63, 3.8) is 0 Å². The molecule has 7 nitrogen and oxygen atoms in total.